The van der Waals surface area contributed by atoms with Crippen LogP contribution in [0.2, 0.25) is 0 Å². The maximum absolute atomic E-state index is 12.6. The van der Waals surface area contributed by atoms with E-state index < -0.39 is 5.91 Å². The Kier molecular flexibility index (Phi) is 5.16. The highest BCUT2D eigenvalue weighted by Gasteiger charge is 2.11. The van der Waals surface area contributed by atoms with Gasteiger partial charge in [0, 0.05) is 24.7 Å². The zero-order valence-corrected chi connectivity index (χ0v) is 14.9. The van der Waals surface area contributed by atoms with Crippen molar-refractivity contribution in [3.05, 3.63) is 64.4 Å². The van der Waals surface area contributed by atoms with Gasteiger partial charge in [0.2, 0.25) is 11.9 Å². The number of carbonyl (C=O) groups excluding carboxylic acids is 2. The summed E-state index contributed by atoms with van der Waals surface area (Å²) >= 11 is 0. The SMILES string of the molecule is CCn1c(NNC(=O)c2cccc(NC(C)=O)c2)nc2ccccc2c1=O. The zero-order valence-electron chi connectivity index (χ0n) is 14.9. The van der Waals surface area contributed by atoms with Gasteiger partial charge in [0.25, 0.3) is 11.5 Å². The van der Waals surface area contributed by atoms with E-state index in [0.717, 1.165) is 0 Å². The molecule has 27 heavy (non-hydrogen) atoms. The first-order valence-corrected chi connectivity index (χ1v) is 8.43. The molecule has 1 heterocycles. The Hall–Kier alpha value is -3.68. The van der Waals surface area contributed by atoms with Crippen molar-refractivity contribution in [3.8, 4) is 0 Å². The second-order valence-corrected chi connectivity index (χ2v) is 5.84. The molecule has 3 aromatic rings. The Morgan fingerprint density at radius 3 is 2.63 bits per heavy atom. The van der Waals surface area contributed by atoms with Gasteiger partial charge in [-0.3, -0.25) is 29.8 Å². The number of nitrogens with one attached hydrogen (secondary N) is 3. The number of amides is 2. The molecule has 8 heteroatoms. The van der Waals surface area contributed by atoms with E-state index in [-0.39, 0.29) is 17.4 Å². The fourth-order valence-corrected chi connectivity index (χ4v) is 2.68. The van der Waals surface area contributed by atoms with Crippen molar-refractivity contribution in [1.82, 2.24) is 15.0 Å². The number of rotatable bonds is 5. The molecule has 0 aliphatic rings. The molecule has 0 radical (unpaired) electrons. The van der Waals surface area contributed by atoms with E-state index in [0.29, 0.717) is 28.7 Å². The number of anilines is 2. The fourth-order valence-electron chi connectivity index (χ4n) is 2.68. The van der Waals surface area contributed by atoms with Crippen molar-refractivity contribution in [1.29, 1.82) is 0 Å². The average molecular weight is 365 g/mol. The van der Waals surface area contributed by atoms with Gasteiger partial charge < -0.3 is 5.32 Å². The molecule has 0 atom stereocenters. The molecule has 3 N–H and O–H groups in total. The van der Waals surface area contributed by atoms with Gasteiger partial charge in [-0.15, -0.1) is 0 Å². The fraction of sp³-hybridized carbons (Fsp3) is 0.158. The topological polar surface area (TPSA) is 105 Å². The number of hydrazine groups is 1. The lowest BCUT2D eigenvalue weighted by Crippen LogP contribution is -2.34. The average Bonchev–Trinajstić information content (AvgIpc) is 2.66. The van der Waals surface area contributed by atoms with Gasteiger partial charge in [-0.1, -0.05) is 18.2 Å². The number of carbonyl (C=O) groups is 2. The van der Waals surface area contributed by atoms with Gasteiger partial charge in [-0.25, -0.2) is 4.98 Å². The molecular weight excluding hydrogens is 346 g/mol. The highest BCUT2D eigenvalue weighted by molar-refractivity contribution is 5.97. The highest BCUT2D eigenvalue weighted by atomic mass is 16.2. The summed E-state index contributed by atoms with van der Waals surface area (Å²) in [6.07, 6.45) is 0. The normalized spacial score (nSPS) is 10.4. The predicted octanol–water partition coefficient (Wildman–Crippen LogP) is 2.13. The lowest BCUT2D eigenvalue weighted by Gasteiger charge is -2.14. The number of para-hydroxylation sites is 1. The minimum absolute atomic E-state index is 0.187. The molecule has 1 aromatic heterocycles. The molecule has 0 aliphatic carbocycles. The van der Waals surface area contributed by atoms with E-state index in [9.17, 15) is 14.4 Å². The zero-order chi connectivity index (χ0) is 19.4. The van der Waals surface area contributed by atoms with Crippen molar-refractivity contribution in [2.45, 2.75) is 20.4 Å². The summed E-state index contributed by atoms with van der Waals surface area (Å²) < 4.78 is 1.44. The Bertz CT molecular complexity index is 1070. The summed E-state index contributed by atoms with van der Waals surface area (Å²) in [5, 5.41) is 3.14. The Morgan fingerprint density at radius 2 is 1.89 bits per heavy atom. The van der Waals surface area contributed by atoms with Crippen LogP contribution in [-0.2, 0) is 11.3 Å². The van der Waals surface area contributed by atoms with Crippen LogP contribution in [0, 0.1) is 0 Å². The minimum Gasteiger partial charge on any atom is -0.326 e. The molecule has 0 saturated heterocycles. The molecule has 8 nitrogen and oxygen atoms in total. The van der Waals surface area contributed by atoms with E-state index in [2.05, 4.69) is 21.2 Å². The first-order valence-electron chi connectivity index (χ1n) is 8.43. The maximum Gasteiger partial charge on any atom is 0.269 e. The first kappa shape index (κ1) is 18.1. The summed E-state index contributed by atoms with van der Waals surface area (Å²) in [6, 6.07) is 13.5. The summed E-state index contributed by atoms with van der Waals surface area (Å²) in [6.45, 7) is 3.61. The van der Waals surface area contributed by atoms with Crippen LogP contribution >= 0.6 is 0 Å². The smallest absolute Gasteiger partial charge is 0.269 e. The number of benzene rings is 2. The van der Waals surface area contributed by atoms with Crippen molar-refractivity contribution >= 4 is 34.4 Å². The Balaban J connectivity index is 1.83. The summed E-state index contributed by atoms with van der Waals surface area (Å²) in [5.41, 5.74) is 6.48. The van der Waals surface area contributed by atoms with E-state index in [1.807, 2.05) is 6.92 Å². The number of hydrogen-bond acceptors (Lipinski definition) is 5. The largest absolute Gasteiger partial charge is 0.326 e. The summed E-state index contributed by atoms with van der Waals surface area (Å²) in [7, 11) is 0. The quantitative estimate of drug-likeness (QED) is 0.601. The first-order chi connectivity index (χ1) is 13.0. The van der Waals surface area contributed by atoms with Gasteiger partial charge in [-0.2, -0.15) is 0 Å². The van der Waals surface area contributed by atoms with Crippen LogP contribution in [-0.4, -0.2) is 21.4 Å². The van der Waals surface area contributed by atoms with Crippen molar-refractivity contribution < 1.29 is 9.59 Å². The second-order valence-electron chi connectivity index (χ2n) is 5.84. The van der Waals surface area contributed by atoms with Crippen LogP contribution in [0.4, 0.5) is 11.6 Å². The van der Waals surface area contributed by atoms with Gasteiger partial charge in [-0.05, 0) is 37.3 Å². The third kappa shape index (κ3) is 3.95. The van der Waals surface area contributed by atoms with Crippen molar-refractivity contribution in [3.63, 3.8) is 0 Å². The monoisotopic (exact) mass is 365 g/mol. The molecule has 2 aromatic carbocycles. The molecule has 2 amide bonds. The molecule has 0 spiro atoms. The third-order valence-corrected chi connectivity index (χ3v) is 3.91. The van der Waals surface area contributed by atoms with Crippen molar-refractivity contribution in [2.75, 3.05) is 10.7 Å². The number of hydrogen-bond donors (Lipinski definition) is 3. The lowest BCUT2D eigenvalue weighted by molar-refractivity contribution is -0.114. The highest BCUT2D eigenvalue weighted by Crippen LogP contribution is 2.12. The molecule has 0 bridgehead atoms. The van der Waals surface area contributed by atoms with Crippen molar-refractivity contribution in [2.24, 2.45) is 0 Å². The van der Waals surface area contributed by atoms with Gasteiger partial charge in [0.05, 0.1) is 10.9 Å². The van der Waals surface area contributed by atoms with Gasteiger partial charge in [0.1, 0.15) is 0 Å². The Labute approximate surface area is 155 Å². The minimum atomic E-state index is -0.424. The lowest BCUT2D eigenvalue weighted by atomic mass is 10.2. The molecule has 3 rings (SSSR count). The van der Waals surface area contributed by atoms with Crippen LogP contribution in [0.25, 0.3) is 10.9 Å². The van der Waals surface area contributed by atoms with E-state index >= 15 is 0 Å². The van der Waals surface area contributed by atoms with Crippen LogP contribution in [0.1, 0.15) is 24.2 Å². The van der Waals surface area contributed by atoms with Gasteiger partial charge >= 0.3 is 0 Å². The number of aromatic nitrogens is 2. The van der Waals surface area contributed by atoms with Crippen LogP contribution in [0.15, 0.2) is 53.3 Å². The molecule has 0 saturated carbocycles. The Morgan fingerprint density at radius 1 is 1.11 bits per heavy atom. The van der Waals surface area contributed by atoms with E-state index in [4.69, 9.17) is 0 Å². The molecule has 0 fully saturated rings. The van der Waals surface area contributed by atoms with E-state index in [1.165, 1.54) is 11.5 Å². The number of nitrogens with zero attached hydrogens (tertiary/aromatic N) is 2. The maximum atomic E-state index is 12.6. The standard InChI is InChI=1S/C19H19N5O3/c1-3-24-18(27)15-9-4-5-10-16(15)21-19(24)23-22-17(26)13-7-6-8-14(11-13)20-12(2)25/h4-11H,3H2,1-2H3,(H,20,25)(H,21,23)(H,22,26). The molecule has 0 unspecified atom stereocenters. The predicted molar refractivity (Wildman–Crippen MR) is 104 cm³/mol. The summed E-state index contributed by atoms with van der Waals surface area (Å²) in [4.78, 5) is 40.5. The molecular formula is C19H19N5O3. The second kappa shape index (κ2) is 7.69. The van der Waals surface area contributed by atoms with Crippen LogP contribution in [0.5, 0.6) is 0 Å². The van der Waals surface area contributed by atoms with Crippen LogP contribution in [0.3, 0.4) is 0 Å². The number of fused-ring (bicyclic) bond motifs is 1. The van der Waals surface area contributed by atoms with Gasteiger partial charge in [0.15, 0.2) is 0 Å². The van der Waals surface area contributed by atoms with E-state index in [1.54, 1.807) is 48.5 Å². The molecule has 0 aliphatic heterocycles. The van der Waals surface area contributed by atoms with Crippen LogP contribution < -0.4 is 21.7 Å². The summed E-state index contributed by atoms with van der Waals surface area (Å²) in [5.74, 6) is -0.405. The third-order valence-electron chi connectivity index (χ3n) is 3.91. The molecule has 138 valence electrons.